The highest BCUT2D eigenvalue weighted by molar-refractivity contribution is 7.88. The summed E-state index contributed by atoms with van der Waals surface area (Å²) >= 11 is 0. The molecule has 6 heteroatoms. The van der Waals surface area contributed by atoms with Gasteiger partial charge in [0.2, 0.25) is 10.0 Å². The van der Waals surface area contributed by atoms with Crippen LogP contribution in [0.1, 0.15) is 0 Å². The summed E-state index contributed by atoms with van der Waals surface area (Å²) in [5.74, 6) is -0.981. The van der Waals surface area contributed by atoms with Crippen molar-refractivity contribution in [3.05, 3.63) is 12.7 Å². The predicted molar refractivity (Wildman–Crippen MR) is 36.9 cm³/mol. The van der Waals surface area contributed by atoms with Crippen molar-refractivity contribution in [3.8, 4) is 0 Å². The van der Waals surface area contributed by atoms with E-state index in [4.69, 9.17) is 5.11 Å². The minimum absolute atomic E-state index is 0.833. The zero-order valence-electron chi connectivity index (χ0n) is 5.44. The lowest BCUT2D eigenvalue weighted by Gasteiger charge is -1.71. The van der Waals surface area contributed by atoms with Crippen molar-refractivity contribution in [2.45, 2.75) is 0 Å². The minimum Gasteiger partial charge on any atom is -0.478 e. The fraction of sp³-hybridized carbons (Fsp3) is 0.250. The lowest BCUT2D eigenvalue weighted by molar-refractivity contribution is -0.131. The smallest absolute Gasteiger partial charge is 0.327 e. The monoisotopic (exact) mass is 167 g/mol. The van der Waals surface area contributed by atoms with Crippen molar-refractivity contribution >= 4 is 16.0 Å². The van der Waals surface area contributed by atoms with Gasteiger partial charge in [-0.05, 0) is 0 Å². The molecular weight excluding hydrogens is 158 g/mol. The van der Waals surface area contributed by atoms with Gasteiger partial charge in [-0.2, -0.15) is 0 Å². The summed E-state index contributed by atoms with van der Waals surface area (Å²) in [5.41, 5.74) is 0. The molecule has 5 nitrogen and oxygen atoms in total. The standard InChI is InChI=1S/C3H4O2.CH5NO2S/c1-2-3(4)5;1-5(2,3)4/h2H,1H2,(H,4,5);1H3,(H2,2,3,4). The van der Waals surface area contributed by atoms with E-state index < -0.39 is 16.0 Å². The molecule has 0 fully saturated rings. The van der Waals surface area contributed by atoms with Gasteiger partial charge in [-0.25, -0.2) is 18.4 Å². The normalized spacial score (nSPS) is 9.00. The number of hydrogen-bond donors (Lipinski definition) is 2. The molecule has 0 atom stereocenters. The van der Waals surface area contributed by atoms with Crippen molar-refractivity contribution in [1.29, 1.82) is 0 Å². The zero-order valence-corrected chi connectivity index (χ0v) is 6.26. The van der Waals surface area contributed by atoms with Gasteiger partial charge in [-0.3, -0.25) is 0 Å². The first-order valence-electron chi connectivity index (χ1n) is 2.10. The first kappa shape index (κ1) is 11.9. The molecule has 0 spiro atoms. The van der Waals surface area contributed by atoms with Gasteiger partial charge in [-0.1, -0.05) is 6.58 Å². The zero-order chi connectivity index (χ0) is 8.78. The molecule has 0 heterocycles. The molecule has 0 aromatic carbocycles. The van der Waals surface area contributed by atoms with Crippen LogP contribution in [0.3, 0.4) is 0 Å². The maximum atomic E-state index is 9.41. The number of carboxylic acids is 1. The number of sulfonamides is 1. The van der Waals surface area contributed by atoms with Crippen LogP contribution in [0.15, 0.2) is 12.7 Å². The van der Waals surface area contributed by atoms with Crippen molar-refractivity contribution in [2.75, 3.05) is 6.26 Å². The number of aliphatic carboxylic acids is 1. The second-order valence-electron chi connectivity index (χ2n) is 1.37. The molecular formula is C4H9NO4S. The molecule has 0 aliphatic heterocycles. The molecule has 60 valence electrons. The van der Waals surface area contributed by atoms with Crippen LogP contribution in [0.2, 0.25) is 0 Å². The molecule has 0 radical (unpaired) electrons. The number of hydrogen-bond acceptors (Lipinski definition) is 3. The van der Waals surface area contributed by atoms with E-state index in [1.54, 1.807) is 0 Å². The van der Waals surface area contributed by atoms with Gasteiger partial charge in [0.1, 0.15) is 0 Å². The summed E-state index contributed by atoms with van der Waals surface area (Å²) in [5, 5.41) is 11.9. The molecule has 0 unspecified atom stereocenters. The van der Waals surface area contributed by atoms with E-state index in [1.807, 2.05) is 0 Å². The SMILES string of the molecule is C=CC(=O)O.CS(N)(=O)=O. The molecule has 0 bridgehead atoms. The highest BCUT2D eigenvalue weighted by Crippen LogP contribution is 1.54. The van der Waals surface area contributed by atoms with Gasteiger partial charge in [0.25, 0.3) is 0 Å². The van der Waals surface area contributed by atoms with E-state index in [9.17, 15) is 13.2 Å². The van der Waals surface area contributed by atoms with Crippen molar-refractivity contribution in [1.82, 2.24) is 0 Å². The molecule has 10 heavy (non-hydrogen) atoms. The number of carboxylic acid groups (broad SMARTS) is 1. The van der Waals surface area contributed by atoms with E-state index in [0.717, 1.165) is 12.3 Å². The molecule has 0 saturated heterocycles. The fourth-order valence-electron chi connectivity index (χ4n) is 0. The summed E-state index contributed by atoms with van der Waals surface area (Å²) in [6.07, 6.45) is 1.77. The van der Waals surface area contributed by atoms with E-state index >= 15 is 0 Å². The molecule has 0 aliphatic rings. The highest BCUT2D eigenvalue weighted by atomic mass is 32.2. The minimum atomic E-state index is -3.17. The van der Waals surface area contributed by atoms with Crippen molar-refractivity contribution in [2.24, 2.45) is 5.14 Å². The molecule has 0 amide bonds. The topological polar surface area (TPSA) is 97.5 Å². The summed E-state index contributed by atoms with van der Waals surface area (Å²) < 4.78 is 18.8. The predicted octanol–water partition coefficient (Wildman–Crippen LogP) is -0.838. The Morgan fingerprint density at radius 2 is 1.80 bits per heavy atom. The Balaban J connectivity index is 0. The Hall–Kier alpha value is -0.880. The van der Waals surface area contributed by atoms with E-state index in [2.05, 4.69) is 11.7 Å². The Morgan fingerprint density at radius 3 is 1.80 bits per heavy atom. The van der Waals surface area contributed by atoms with Crippen molar-refractivity contribution < 1.29 is 18.3 Å². The van der Waals surface area contributed by atoms with E-state index in [1.165, 1.54) is 0 Å². The number of primary sulfonamides is 1. The first-order chi connectivity index (χ1) is 4.27. The summed E-state index contributed by atoms with van der Waals surface area (Å²) in [6, 6.07) is 0. The van der Waals surface area contributed by atoms with Crippen molar-refractivity contribution in [3.63, 3.8) is 0 Å². The number of rotatable bonds is 1. The molecule has 0 rings (SSSR count). The van der Waals surface area contributed by atoms with Crippen LogP contribution in [0, 0.1) is 0 Å². The highest BCUT2D eigenvalue weighted by Gasteiger charge is 1.78. The summed E-state index contributed by atoms with van der Waals surface area (Å²) in [7, 11) is -3.17. The molecule has 3 N–H and O–H groups in total. The Kier molecular flexibility index (Phi) is 5.87. The molecule has 0 aromatic heterocycles. The van der Waals surface area contributed by atoms with Gasteiger partial charge < -0.3 is 5.11 Å². The second kappa shape index (κ2) is 4.95. The van der Waals surface area contributed by atoms with E-state index in [-0.39, 0.29) is 0 Å². The van der Waals surface area contributed by atoms with Crippen LogP contribution >= 0.6 is 0 Å². The van der Waals surface area contributed by atoms with Crippen LogP contribution in [-0.2, 0) is 14.8 Å². The van der Waals surface area contributed by atoms with Crippen LogP contribution < -0.4 is 5.14 Å². The number of nitrogens with two attached hydrogens (primary N) is 1. The van der Waals surface area contributed by atoms with Gasteiger partial charge in [-0.15, -0.1) is 0 Å². The Bertz CT molecular complexity index is 197. The van der Waals surface area contributed by atoms with Gasteiger partial charge in [0, 0.05) is 6.08 Å². The molecule has 0 saturated carbocycles. The summed E-state index contributed by atoms with van der Waals surface area (Å²) in [4.78, 5) is 9.25. The fourth-order valence-corrected chi connectivity index (χ4v) is 0. The third kappa shape index (κ3) is 213. The average Bonchev–Trinajstić information content (AvgIpc) is 1.61. The van der Waals surface area contributed by atoms with Gasteiger partial charge in [0.05, 0.1) is 6.26 Å². The maximum absolute atomic E-state index is 9.41. The lowest BCUT2D eigenvalue weighted by Crippen LogP contribution is -2.07. The summed E-state index contributed by atoms with van der Waals surface area (Å²) in [6.45, 7) is 2.96. The molecule has 0 aliphatic carbocycles. The van der Waals surface area contributed by atoms with Crippen LogP contribution in [0.25, 0.3) is 0 Å². The Morgan fingerprint density at radius 1 is 1.70 bits per heavy atom. The largest absolute Gasteiger partial charge is 0.478 e. The third-order valence-electron chi connectivity index (χ3n) is 0.175. The van der Waals surface area contributed by atoms with Crippen LogP contribution in [-0.4, -0.2) is 25.7 Å². The average molecular weight is 167 g/mol. The maximum Gasteiger partial charge on any atom is 0.327 e. The Labute approximate surface area is 59.2 Å². The van der Waals surface area contributed by atoms with Gasteiger partial charge >= 0.3 is 5.97 Å². The van der Waals surface area contributed by atoms with Crippen LogP contribution in [0.4, 0.5) is 0 Å². The first-order valence-corrected chi connectivity index (χ1v) is 4.06. The number of carbonyl (C=O) groups is 1. The van der Waals surface area contributed by atoms with Gasteiger partial charge in [0.15, 0.2) is 0 Å². The van der Waals surface area contributed by atoms with Crippen LogP contribution in [0.5, 0.6) is 0 Å². The van der Waals surface area contributed by atoms with E-state index in [0.29, 0.717) is 0 Å². The third-order valence-corrected chi connectivity index (χ3v) is 0.175. The lowest BCUT2D eigenvalue weighted by atomic mass is 10.7. The quantitative estimate of drug-likeness (QED) is 0.497. The second-order valence-corrected chi connectivity index (χ2v) is 3.03. The molecule has 0 aromatic rings.